The molecule has 1 heterocycles. The topological polar surface area (TPSA) is 72.9 Å². The summed E-state index contributed by atoms with van der Waals surface area (Å²) in [5, 5.41) is 6.72. The average Bonchev–Trinajstić information content (AvgIpc) is 2.68. The first-order chi connectivity index (χ1) is 8.08. The average molecular weight is 295 g/mol. The van der Waals surface area contributed by atoms with Crippen molar-refractivity contribution in [1.82, 2.24) is 9.78 Å². The van der Waals surface area contributed by atoms with Crippen LogP contribution in [0.15, 0.2) is 34.9 Å². The third kappa shape index (κ3) is 2.47. The number of carbonyl (C=O) groups excluding carboxylic acids is 1. The van der Waals surface area contributed by atoms with Gasteiger partial charge in [0.05, 0.1) is 6.20 Å². The molecule has 0 unspecified atom stereocenters. The summed E-state index contributed by atoms with van der Waals surface area (Å²) in [5.41, 5.74) is 6.79. The Kier molecular flexibility index (Phi) is 3.14. The summed E-state index contributed by atoms with van der Waals surface area (Å²) in [5.74, 6) is 0.442. The number of nitrogen functional groups attached to an aromatic ring is 1. The third-order valence-electron chi connectivity index (χ3n) is 2.33. The summed E-state index contributed by atoms with van der Waals surface area (Å²) < 4.78 is 2.29. The van der Waals surface area contributed by atoms with Crippen LogP contribution in [0.5, 0.6) is 0 Å². The Labute approximate surface area is 107 Å². The lowest BCUT2D eigenvalue weighted by molar-refractivity contribution is 0.102. The third-order valence-corrected chi connectivity index (χ3v) is 3.01. The van der Waals surface area contributed by atoms with Crippen LogP contribution in [0.1, 0.15) is 10.4 Å². The van der Waals surface area contributed by atoms with Gasteiger partial charge in [0.25, 0.3) is 5.91 Å². The Bertz CT molecular complexity index is 564. The number of carbonyl (C=O) groups is 1. The van der Waals surface area contributed by atoms with Crippen molar-refractivity contribution in [2.45, 2.75) is 0 Å². The van der Waals surface area contributed by atoms with Crippen molar-refractivity contribution in [3.8, 4) is 0 Å². The summed E-state index contributed by atoms with van der Waals surface area (Å²) in [4.78, 5) is 11.9. The standard InChI is InChI=1S/C11H11BrN4O/c1-16-10(4-5-14-16)15-11(17)7-2-3-9(13)8(12)6-7/h2-6H,13H2,1H3,(H,15,17). The second kappa shape index (κ2) is 4.58. The number of nitrogens with zero attached hydrogens (tertiary/aromatic N) is 2. The van der Waals surface area contributed by atoms with E-state index in [0.717, 1.165) is 0 Å². The Hall–Kier alpha value is -1.82. The number of nitrogens with two attached hydrogens (primary N) is 1. The molecule has 0 saturated carbocycles. The van der Waals surface area contributed by atoms with E-state index in [1.807, 2.05) is 0 Å². The number of hydrogen-bond donors (Lipinski definition) is 2. The van der Waals surface area contributed by atoms with Crippen molar-refractivity contribution in [1.29, 1.82) is 0 Å². The molecule has 1 amide bonds. The molecule has 3 N–H and O–H groups in total. The smallest absolute Gasteiger partial charge is 0.256 e. The van der Waals surface area contributed by atoms with Gasteiger partial charge in [0.15, 0.2) is 0 Å². The molecule has 0 fully saturated rings. The number of anilines is 2. The fourth-order valence-corrected chi connectivity index (χ4v) is 1.73. The first kappa shape index (κ1) is 11.7. The number of hydrogen-bond acceptors (Lipinski definition) is 3. The molecule has 0 bridgehead atoms. The fraction of sp³-hybridized carbons (Fsp3) is 0.0909. The maximum atomic E-state index is 11.9. The van der Waals surface area contributed by atoms with Crippen molar-refractivity contribution in [3.05, 3.63) is 40.5 Å². The summed E-state index contributed by atoms with van der Waals surface area (Å²) in [7, 11) is 1.76. The van der Waals surface area contributed by atoms with Crippen molar-refractivity contribution in [3.63, 3.8) is 0 Å². The number of benzene rings is 1. The Morgan fingerprint density at radius 1 is 1.47 bits per heavy atom. The van der Waals surface area contributed by atoms with E-state index in [2.05, 4.69) is 26.3 Å². The van der Waals surface area contributed by atoms with E-state index >= 15 is 0 Å². The Morgan fingerprint density at radius 2 is 2.24 bits per heavy atom. The fourth-order valence-electron chi connectivity index (χ4n) is 1.35. The van der Waals surface area contributed by atoms with Gasteiger partial charge >= 0.3 is 0 Å². The SMILES string of the molecule is Cn1nccc1NC(=O)c1ccc(N)c(Br)c1. The van der Waals surface area contributed by atoms with E-state index in [4.69, 9.17) is 5.73 Å². The lowest BCUT2D eigenvalue weighted by atomic mass is 10.2. The molecule has 17 heavy (non-hydrogen) atoms. The van der Waals surface area contributed by atoms with Gasteiger partial charge in [-0.1, -0.05) is 0 Å². The largest absolute Gasteiger partial charge is 0.398 e. The summed E-state index contributed by atoms with van der Waals surface area (Å²) in [6.45, 7) is 0. The maximum Gasteiger partial charge on any atom is 0.256 e. The second-order valence-electron chi connectivity index (χ2n) is 3.53. The lowest BCUT2D eigenvalue weighted by Crippen LogP contribution is -2.14. The van der Waals surface area contributed by atoms with Crippen LogP contribution in [0.3, 0.4) is 0 Å². The minimum atomic E-state index is -0.200. The minimum Gasteiger partial charge on any atom is -0.398 e. The van der Waals surface area contributed by atoms with Crippen LogP contribution in [0.25, 0.3) is 0 Å². The van der Waals surface area contributed by atoms with Gasteiger partial charge in [-0.2, -0.15) is 5.10 Å². The highest BCUT2D eigenvalue weighted by Crippen LogP contribution is 2.21. The van der Waals surface area contributed by atoms with Gasteiger partial charge in [0.2, 0.25) is 0 Å². The maximum absolute atomic E-state index is 11.9. The van der Waals surface area contributed by atoms with E-state index in [1.165, 1.54) is 0 Å². The van der Waals surface area contributed by atoms with Gasteiger partial charge in [0, 0.05) is 28.8 Å². The molecule has 0 radical (unpaired) electrons. The molecule has 0 saturated heterocycles. The van der Waals surface area contributed by atoms with Crippen molar-refractivity contribution < 1.29 is 4.79 Å². The number of aryl methyl sites for hydroxylation is 1. The predicted molar refractivity (Wildman–Crippen MR) is 69.7 cm³/mol. The molecular weight excluding hydrogens is 284 g/mol. The molecule has 1 aromatic carbocycles. The van der Waals surface area contributed by atoms with E-state index in [1.54, 1.807) is 42.2 Å². The van der Waals surface area contributed by atoms with Crippen molar-refractivity contribution in [2.75, 3.05) is 11.1 Å². The Balaban J connectivity index is 2.20. The molecular formula is C11H11BrN4O. The van der Waals surface area contributed by atoms with Crippen molar-refractivity contribution >= 4 is 33.3 Å². The molecule has 88 valence electrons. The van der Waals surface area contributed by atoms with Gasteiger partial charge in [-0.05, 0) is 34.1 Å². The zero-order valence-electron chi connectivity index (χ0n) is 9.14. The Morgan fingerprint density at radius 3 is 2.82 bits per heavy atom. The normalized spacial score (nSPS) is 10.2. The zero-order chi connectivity index (χ0) is 12.4. The highest BCUT2D eigenvalue weighted by molar-refractivity contribution is 9.10. The van der Waals surface area contributed by atoms with Crippen LogP contribution in [0, 0.1) is 0 Å². The van der Waals surface area contributed by atoms with Gasteiger partial charge < -0.3 is 11.1 Å². The van der Waals surface area contributed by atoms with Gasteiger partial charge in [-0.15, -0.1) is 0 Å². The first-order valence-corrected chi connectivity index (χ1v) is 5.71. The highest BCUT2D eigenvalue weighted by Gasteiger charge is 2.09. The van der Waals surface area contributed by atoms with Gasteiger partial charge in [-0.25, -0.2) is 0 Å². The van der Waals surface area contributed by atoms with Crippen LogP contribution in [-0.2, 0) is 7.05 Å². The quantitative estimate of drug-likeness (QED) is 0.832. The molecule has 0 aliphatic carbocycles. The van der Waals surface area contributed by atoms with Crippen LogP contribution in [0.2, 0.25) is 0 Å². The van der Waals surface area contributed by atoms with Crippen molar-refractivity contribution in [2.24, 2.45) is 7.05 Å². The van der Waals surface area contributed by atoms with Crippen LogP contribution >= 0.6 is 15.9 Å². The van der Waals surface area contributed by atoms with E-state index in [0.29, 0.717) is 21.5 Å². The number of amides is 1. The number of aromatic nitrogens is 2. The molecule has 0 spiro atoms. The van der Waals surface area contributed by atoms with E-state index < -0.39 is 0 Å². The molecule has 5 nitrogen and oxygen atoms in total. The summed E-state index contributed by atoms with van der Waals surface area (Å²) in [6, 6.07) is 6.76. The molecule has 0 aliphatic heterocycles. The van der Waals surface area contributed by atoms with E-state index in [-0.39, 0.29) is 5.91 Å². The first-order valence-electron chi connectivity index (χ1n) is 4.92. The zero-order valence-corrected chi connectivity index (χ0v) is 10.7. The monoisotopic (exact) mass is 294 g/mol. The molecule has 0 aliphatic rings. The number of halogens is 1. The second-order valence-corrected chi connectivity index (χ2v) is 4.38. The minimum absolute atomic E-state index is 0.200. The highest BCUT2D eigenvalue weighted by atomic mass is 79.9. The summed E-state index contributed by atoms with van der Waals surface area (Å²) >= 11 is 3.28. The number of rotatable bonds is 2. The van der Waals surface area contributed by atoms with Crippen LogP contribution < -0.4 is 11.1 Å². The molecule has 2 aromatic rings. The van der Waals surface area contributed by atoms with Crippen LogP contribution in [-0.4, -0.2) is 15.7 Å². The molecule has 6 heteroatoms. The van der Waals surface area contributed by atoms with E-state index in [9.17, 15) is 4.79 Å². The van der Waals surface area contributed by atoms with Crippen LogP contribution in [0.4, 0.5) is 11.5 Å². The molecule has 0 atom stereocenters. The number of nitrogens with one attached hydrogen (secondary N) is 1. The summed E-state index contributed by atoms with van der Waals surface area (Å²) in [6.07, 6.45) is 1.62. The lowest BCUT2D eigenvalue weighted by Gasteiger charge is -2.06. The predicted octanol–water partition coefficient (Wildman–Crippen LogP) is 2.02. The van der Waals surface area contributed by atoms with Gasteiger partial charge in [-0.3, -0.25) is 9.48 Å². The molecule has 2 rings (SSSR count). The molecule has 1 aromatic heterocycles. The van der Waals surface area contributed by atoms with Gasteiger partial charge in [0.1, 0.15) is 5.82 Å².